The van der Waals surface area contributed by atoms with Gasteiger partial charge < -0.3 is 14.4 Å². The van der Waals surface area contributed by atoms with E-state index in [-0.39, 0.29) is 18.7 Å². The topological polar surface area (TPSA) is 91.9 Å². The highest BCUT2D eigenvalue weighted by atomic mass is 35.5. The number of aromatic nitrogens is 2. The molecule has 9 heteroatoms. The van der Waals surface area contributed by atoms with Gasteiger partial charge in [-0.25, -0.2) is 0 Å². The van der Waals surface area contributed by atoms with Gasteiger partial charge in [0.15, 0.2) is 0 Å². The molecule has 0 aliphatic carbocycles. The average Bonchev–Trinajstić information content (AvgIpc) is 3.11. The number of carboxylic acids is 1. The molecule has 2 atom stereocenters. The summed E-state index contributed by atoms with van der Waals surface area (Å²) in [7, 11) is 1.77. The fourth-order valence-electron chi connectivity index (χ4n) is 3.12. The number of likely N-dealkylation sites (N-methyl/N-ethyl adjacent to an activating group) is 1. The predicted octanol–water partition coefficient (Wildman–Crippen LogP) is 2.17. The van der Waals surface area contributed by atoms with E-state index < -0.39 is 5.97 Å². The summed E-state index contributed by atoms with van der Waals surface area (Å²) in [6.45, 7) is 4.55. The molecule has 2 aromatic rings. The number of benzene rings is 1. The number of morpholine rings is 1. The van der Waals surface area contributed by atoms with Gasteiger partial charge in [0.05, 0.1) is 25.3 Å². The van der Waals surface area contributed by atoms with Crippen molar-refractivity contribution in [1.82, 2.24) is 19.9 Å². The molecule has 0 radical (unpaired) electrons. The number of ether oxygens (including phenoxy) is 1. The van der Waals surface area contributed by atoms with E-state index in [0.717, 1.165) is 12.1 Å². The smallest absolute Gasteiger partial charge is 0.317 e. The van der Waals surface area contributed by atoms with Crippen LogP contribution in [0.1, 0.15) is 18.9 Å². The molecule has 1 aromatic heterocycles. The standard InChI is InChI=1S/C18H23ClN4O4/c1-12(18-20-17(21-27-18)13-3-5-14(19)6-4-13)23-7-8-26-15(10-23)9-22(2)11-16(24)25/h3-6,12,15H,7-11H2,1-2H3,(H,24,25). The molecule has 0 spiro atoms. The van der Waals surface area contributed by atoms with Gasteiger partial charge in [0.2, 0.25) is 11.7 Å². The van der Waals surface area contributed by atoms with Gasteiger partial charge >= 0.3 is 5.97 Å². The van der Waals surface area contributed by atoms with Crippen LogP contribution in [0.25, 0.3) is 11.4 Å². The summed E-state index contributed by atoms with van der Waals surface area (Å²) in [6.07, 6.45) is -0.0655. The second kappa shape index (κ2) is 8.79. The summed E-state index contributed by atoms with van der Waals surface area (Å²) in [6, 6.07) is 7.22. The number of carbonyl (C=O) groups is 1. The Morgan fingerprint density at radius 3 is 2.89 bits per heavy atom. The van der Waals surface area contributed by atoms with Crippen LogP contribution in [0.4, 0.5) is 0 Å². The first kappa shape index (κ1) is 19.8. The quantitative estimate of drug-likeness (QED) is 0.763. The maximum Gasteiger partial charge on any atom is 0.317 e. The van der Waals surface area contributed by atoms with E-state index >= 15 is 0 Å². The first-order valence-electron chi connectivity index (χ1n) is 8.78. The van der Waals surface area contributed by atoms with Crippen LogP contribution in [-0.4, -0.2) is 77.0 Å². The lowest BCUT2D eigenvalue weighted by molar-refractivity contribution is -0.138. The molecular weight excluding hydrogens is 372 g/mol. The van der Waals surface area contributed by atoms with Crippen molar-refractivity contribution in [2.24, 2.45) is 0 Å². The summed E-state index contributed by atoms with van der Waals surface area (Å²) in [5.74, 6) is 0.220. The van der Waals surface area contributed by atoms with E-state index in [0.29, 0.717) is 36.4 Å². The minimum absolute atomic E-state index is 0.0104. The van der Waals surface area contributed by atoms with Crippen LogP contribution in [0.15, 0.2) is 28.8 Å². The van der Waals surface area contributed by atoms with E-state index in [1.807, 2.05) is 19.1 Å². The number of hydrogen-bond donors (Lipinski definition) is 1. The molecule has 1 saturated heterocycles. The Morgan fingerprint density at radius 1 is 1.44 bits per heavy atom. The van der Waals surface area contributed by atoms with Gasteiger partial charge in [0.1, 0.15) is 0 Å². The summed E-state index contributed by atoms with van der Waals surface area (Å²) in [4.78, 5) is 19.3. The molecule has 1 fully saturated rings. The molecule has 1 N–H and O–H groups in total. The first-order chi connectivity index (χ1) is 12.9. The lowest BCUT2D eigenvalue weighted by Crippen LogP contribution is -2.48. The molecule has 2 heterocycles. The van der Waals surface area contributed by atoms with Crippen molar-refractivity contribution in [3.63, 3.8) is 0 Å². The minimum Gasteiger partial charge on any atom is -0.480 e. The molecule has 3 rings (SSSR count). The zero-order valence-corrected chi connectivity index (χ0v) is 16.1. The van der Waals surface area contributed by atoms with Crippen molar-refractivity contribution in [1.29, 1.82) is 0 Å². The van der Waals surface area contributed by atoms with Gasteiger partial charge in [-0.05, 0) is 38.2 Å². The van der Waals surface area contributed by atoms with Gasteiger partial charge in [-0.15, -0.1) is 0 Å². The van der Waals surface area contributed by atoms with E-state index in [2.05, 4.69) is 15.0 Å². The van der Waals surface area contributed by atoms with Crippen molar-refractivity contribution >= 4 is 17.6 Å². The SMILES string of the molecule is CC(c1nc(-c2ccc(Cl)cc2)no1)N1CCOC(CN(C)CC(=O)O)C1. The number of rotatable bonds is 7. The maximum absolute atomic E-state index is 10.8. The maximum atomic E-state index is 10.8. The second-order valence-electron chi connectivity index (χ2n) is 6.72. The minimum atomic E-state index is -0.848. The van der Waals surface area contributed by atoms with Gasteiger partial charge in [-0.1, -0.05) is 16.8 Å². The Morgan fingerprint density at radius 2 is 2.19 bits per heavy atom. The van der Waals surface area contributed by atoms with Crippen LogP contribution in [0.2, 0.25) is 5.02 Å². The summed E-state index contributed by atoms with van der Waals surface area (Å²) >= 11 is 5.91. The van der Waals surface area contributed by atoms with Crippen molar-refractivity contribution in [2.75, 3.05) is 39.8 Å². The number of halogens is 1. The molecule has 1 aromatic carbocycles. The Hall–Kier alpha value is -2.00. The summed E-state index contributed by atoms with van der Waals surface area (Å²) in [5.41, 5.74) is 0.844. The largest absolute Gasteiger partial charge is 0.480 e. The fourth-order valence-corrected chi connectivity index (χ4v) is 3.25. The molecular formula is C18H23ClN4O4. The molecule has 0 bridgehead atoms. The van der Waals surface area contributed by atoms with Gasteiger partial charge in [0.25, 0.3) is 0 Å². The van der Waals surface area contributed by atoms with Crippen LogP contribution >= 0.6 is 11.6 Å². The van der Waals surface area contributed by atoms with Crippen molar-refractivity contribution in [3.8, 4) is 11.4 Å². The van der Waals surface area contributed by atoms with Crippen molar-refractivity contribution in [3.05, 3.63) is 35.2 Å². The molecule has 2 unspecified atom stereocenters. The zero-order chi connectivity index (χ0) is 19.4. The molecule has 8 nitrogen and oxygen atoms in total. The van der Waals surface area contributed by atoms with E-state index in [1.165, 1.54) is 0 Å². The van der Waals surface area contributed by atoms with E-state index in [4.69, 9.17) is 26.0 Å². The third kappa shape index (κ3) is 5.26. The lowest BCUT2D eigenvalue weighted by Gasteiger charge is -2.36. The molecule has 1 aliphatic rings. The van der Waals surface area contributed by atoms with Gasteiger partial charge in [-0.3, -0.25) is 14.6 Å². The average molecular weight is 395 g/mol. The van der Waals surface area contributed by atoms with Crippen molar-refractivity contribution in [2.45, 2.75) is 19.1 Å². The molecule has 1 aliphatic heterocycles. The van der Waals surface area contributed by atoms with Gasteiger partial charge in [0, 0.05) is 30.2 Å². The Labute approximate surface area is 162 Å². The first-order valence-corrected chi connectivity index (χ1v) is 9.15. The third-order valence-electron chi connectivity index (χ3n) is 4.54. The van der Waals surface area contributed by atoms with Crippen LogP contribution in [0.5, 0.6) is 0 Å². The highest BCUT2D eigenvalue weighted by Gasteiger charge is 2.29. The number of hydrogen-bond acceptors (Lipinski definition) is 7. The number of nitrogens with zero attached hydrogens (tertiary/aromatic N) is 4. The Kier molecular flexibility index (Phi) is 6.43. The Balaban J connectivity index is 1.62. The number of aliphatic carboxylic acids is 1. The molecule has 146 valence electrons. The molecule has 0 amide bonds. The molecule has 0 saturated carbocycles. The summed E-state index contributed by atoms with van der Waals surface area (Å²) < 4.78 is 11.2. The van der Waals surface area contributed by atoms with Crippen LogP contribution in [0, 0.1) is 0 Å². The normalized spacial score (nSPS) is 19.3. The third-order valence-corrected chi connectivity index (χ3v) is 4.79. The second-order valence-corrected chi connectivity index (χ2v) is 7.15. The van der Waals surface area contributed by atoms with Crippen molar-refractivity contribution < 1.29 is 19.2 Å². The highest BCUT2D eigenvalue weighted by molar-refractivity contribution is 6.30. The van der Waals surface area contributed by atoms with Crippen LogP contribution < -0.4 is 0 Å². The number of carboxylic acid groups (broad SMARTS) is 1. The zero-order valence-electron chi connectivity index (χ0n) is 15.3. The molecule has 27 heavy (non-hydrogen) atoms. The highest BCUT2D eigenvalue weighted by Crippen LogP contribution is 2.25. The van der Waals surface area contributed by atoms with E-state index in [9.17, 15) is 4.79 Å². The lowest BCUT2D eigenvalue weighted by atomic mass is 10.2. The monoisotopic (exact) mass is 394 g/mol. The fraction of sp³-hybridized carbons (Fsp3) is 0.500. The van der Waals surface area contributed by atoms with Crippen LogP contribution in [-0.2, 0) is 9.53 Å². The predicted molar refractivity (Wildman–Crippen MR) is 99.6 cm³/mol. The Bertz CT molecular complexity index is 767. The van der Waals surface area contributed by atoms with Crippen LogP contribution in [0.3, 0.4) is 0 Å². The van der Waals surface area contributed by atoms with Gasteiger partial charge in [-0.2, -0.15) is 4.98 Å². The summed E-state index contributed by atoms with van der Waals surface area (Å²) in [5, 5.41) is 13.6. The van der Waals surface area contributed by atoms with E-state index in [1.54, 1.807) is 24.1 Å².